The van der Waals surface area contributed by atoms with Gasteiger partial charge in [-0.05, 0) is 37.1 Å². The van der Waals surface area contributed by atoms with Gasteiger partial charge >= 0.3 is 0 Å². The van der Waals surface area contributed by atoms with Crippen molar-refractivity contribution in [1.29, 1.82) is 0 Å². The zero-order chi connectivity index (χ0) is 18.1. The Hall–Kier alpha value is -2.08. The Balaban J connectivity index is 1.57. The molecule has 0 N–H and O–H groups in total. The van der Waals surface area contributed by atoms with Crippen molar-refractivity contribution in [2.24, 2.45) is 0 Å². The normalized spacial score (nSPS) is 18.2. The number of fused-ring (bicyclic) bond motifs is 2. The first-order chi connectivity index (χ1) is 12.6. The molecule has 0 atom stereocenters. The minimum Gasteiger partial charge on any atom is -0.492 e. The van der Waals surface area contributed by atoms with Gasteiger partial charge in [0.25, 0.3) is 11.7 Å². The number of hydrogen-bond acceptors (Lipinski definition) is 4. The highest BCUT2D eigenvalue weighted by Crippen LogP contribution is 2.48. The number of aryl methyl sites for hydroxylation is 1. The smallest absolute Gasteiger partial charge is 0.292 e. The molecule has 1 fully saturated rings. The van der Waals surface area contributed by atoms with Crippen LogP contribution in [-0.2, 0) is 20.1 Å². The van der Waals surface area contributed by atoms with E-state index in [0.717, 1.165) is 17.7 Å². The summed E-state index contributed by atoms with van der Waals surface area (Å²) < 4.78 is 17.4. The minimum atomic E-state index is -1.37. The number of carbonyl (C=O) groups is 1. The molecule has 0 bridgehead atoms. The van der Waals surface area contributed by atoms with Gasteiger partial charge in [-0.1, -0.05) is 35.9 Å². The molecule has 2 heterocycles. The van der Waals surface area contributed by atoms with E-state index in [-0.39, 0.29) is 5.91 Å². The van der Waals surface area contributed by atoms with Gasteiger partial charge in [-0.15, -0.1) is 0 Å². The molecule has 0 unspecified atom stereocenters. The van der Waals surface area contributed by atoms with Crippen LogP contribution in [0.25, 0.3) is 0 Å². The van der Waals surface area contributed by atoms with Gasteiger partial charge in [-0.2, -0.15) is 0 Å². The van der Waals surface area contributed by atoms with Crippen molar-refractivity contribution in [1.82, 2.24) is 0 Å². The van der Waals surface area contributed by atoms with E-state index in [9.17, 15) is 4.79 Å². The van der Waals surface area contributed by atoms with Crippen LogP contribution in [0.1, 0.15) is 17.5 Å². The first-order valence-corrected chi connectivity index (χ1v) is 9.08. The minimum absolute atomic E-state index is 0.242. The number of hydrogen-bond donors (Lipinski definition) is 0. The van der Waals surface area contributed by atoms with Gasteiger partial charge < -0.3 is 19.1 Å². The van der Waals surface area contributed by atoms with Crippen molar-refractivity contribution in [2.75, 3.05) is 31.3 Å². The summed E-state index contributed by atoms with van der Waals surface area (Å²) in [6, 6.07) is 13.2. The number of benzene rings is 2. The summed E-state index contributed by atoms with van der Waals surface area (Å²) >= 11 is 6.40. The number of rotatable bonds is 4. The Morgan fingerprint density at radius 1 is 1.19 bits per heavy atom. The average molecular weight is 374 g/mol. The molecule has 2 aliphatic heterocycles. The summed E-state index contributed by atoms with van der Waals surface area (Å²) in [6.07, 6.45) is 0.765. The number of halogens is 1. The van der Waals surface area contributed by atoms with Gasteiger partial charge in [-0.25, -0.2) is 0 Å². The largest absolute Gasteiger partial charge is 0.492 e. The summed E-state index contributed by atoms with van der Waals surface area (Å²) in [7, 11) is 0. The molecule has 1 spiro atoms. The van der Waals surface area contributed by atoms with E-state index in [0.29, 0.717) is 42.6 Å². The second-order valence-electron chi connectivity index (χ2n) is 6.42. The molecule has 5 nitrogen and oxygen atoms in total. The monoisotopic (exact) mass is 373 g/mol. The molecule has 4 rings (SSSR count). The Labute approximate surface area is 157 Å². The second-order valence-corrected chi connectivity index (χ2v) is 6.83. The lowest BCUT2D eigenvalue weighted by Crippen LogP contribution is -2.48. The maximum absolute atomic E-state index is 13.1. The second kappa shape index (κ2) is 6.91. The topological polar surface area (TPSA) is 48.0 Å². The molecule has 0 aliphatic carbocycles. The summed E-state index contributed by atoms with van der Waals surface area (Å²) in [4.78, 5) is 14.8. The summed E-state index contributed by atoms with van der Waals surface area (Å²) in [5, 5.41) is 0.501. The van der Waals surface area contributed by atoms with E-state index < -0.39 is 5.79 Å². The van der Waals surface area contributed by atoms with Crippen LogP contribution in [0.15, 0.2) is 42.5 Å². The maximum Gasteiger partial charge on any atom is 0.292 e. The fourth-order valence-electron chi connectivity index (χ4n) is 3.43. The van der Waals surface area contributed by atoms with Crippen molar-refractivity contribution in [2.45, 2.75) is 19.1 Å². The van der Waals surface area contributed by atoms with Crippen LogP contribution in [0.4, 0.5) is 5.69 Å². The molecule has 1 saturated heterocycles. The van der Waals surface area contributed by atoms with E-state index in [4.69, 9.17) is 25.8 Å². The average Bonchev–Trinajstić information content (AvgIpc) is 2.86. The molecule has 0 radical (unpaired) electrons. The standard InChI is InChI=1S/C20H20ClNO4/c1-14-5-2-6-15(13-14)24-12-9-22-18-16(7-3-8-17(18)21)20(19(22)23)25-10-4-11-26-20/h2-3,5-8,13H,4,9-12H2,1H3. The lowest BCUT2D eigenvalue weighted by Gasteiger charge is -2.32. The fraction of sp³-hybridized carbons (Fsp3) is 0.350. The predicted molar refractivity (Wildman–Crippen MR) is 98.7 cm³/mol. The predicted octanol–water partition coefficient (Wildman–Crippen LogP) is 3.66. The van der Waals surface area contributed by atoms with Crippen LogP contribution in [-0.4, -0.2) is 32.3 Å². The molecule has 2 aromatic carbocycles. The number of amides is 1. The highest BCUT2D eigenvalue weighted by molar-refractivity contribution is 6.35. The molecule has 0 aromatic heterocycles. The Kier molecular flexibility index (Phi) is 4.61. The van der Waals surface area contributed by atoms with Gasteiger partial charge in [0, 0.05) is 5.56 Å². The number of carbonyl (C=O) groups excluding carboxylic acids is 1. The Morgan fingerprint density at radius 3 is 2.73 bits per heavy atom. The van der Waals surface area contributed by atoms with Gasteiger partial charge in [0.1, 0.15) is 12.4 Å². The zero-order valence-corrected chi connectivity index (χ0v) is 15.3. The van der Waals surface area contributed by atoms with Gasteiger partial charge in [-0.3, -0.25) is 4.79 Å². The quantitative estimate of drug-likeness (QED) is 0.820. The van der Waals surface area contributed by atoms with Crippen LogP contribution in [0, 0.1) is 6.92 Å². The van der Waals surface area contributed by atoms with Gasteiger partial charge in [0.2, 0.25) is 0 Å². The maximum atomic E-state index is 13.1. The molecule has 2 aliphatic rings. The van der Waals surface area contributed by atoms with E-state index in [1.807, 2.05) is 43.3 Å². The number of nitrogens with zero attached hydrogens (tertiary/aromatic N) is 1. The van der Waals surface area contributed by atoms with E-state index >= 15 is 0 Å². The van der Waals surface area contributed by atoms with Crippen LogP contribution in [0.5, 0.6) is 5.75 Å². The number of anilines is 1. The summed E-state index contributed by atoms with van der Waals surface area (Å²) in [6.45, 7) is 3.67. The lowest BCUT2D eigenvalue weighted by molar-refractivity contribution is -0.256. The van der Waals surface area contributed by atoms with Crippen LogP contribution < -0.4 is 9.64 Å². The molecular formula is C20H20ClNO4. The summed E-state index contributed by atoms with van der Waals surface area (Å²) in [5.74, 6) is -0.842. The third-order valence-electron chi connectivity index (χ3n) is 4.61. The molecule has 2 aromatic rings. The van der Waals surface area contributed by atoms with E-state index in [1.54, 1.807) is 11.0 Å². The Morgan fingerprint density at radius 2 is 1.96 bits per heavy atom. The third kappa shape index (κ3) is 2.86. The van der Waals surface area contributed by atoms with Crippen LogP contribution in [0.2, 0.25) is 5.02 Å². The van der Waals surface area contributed by atoms with Gasteiger partial charge in [0.05, 0.1) is 30.5 Å². The molecular weight excluding hydrogens is 354 g/mol. The highest BCUT2D eigenvalue weighted by atomic mass is 35.5. The van der Waals surface area contributed by atoms with Crippen molar-refractivity contribution in [3.05, 3.63) is 58.6 Å². The first kappa shape index (κ1) is 17.3. The van der Waals surface area contributed by atoms with Crippen LogP contribution >= 0.6 is 11.6 Å². The van der Waals surface area contributed by atoms with Crippen LogP contribution in [0.3, 0.4) is 0 Å². The zero-order valence-electron chi connectivity index (χ0n) is 14.5. The lowest BCUT2D eigenvalue weighted by atomic mass is 10.1. The van der Waals surface area contributed by atoms with E-state index in [1.165, 1.54) is 0 Å². The van der Waals surface area contributed by atoms with Crippen molar-refractivity contribution in [3.63, 3.8) is 0 Å². The molecule has 0 saturated carbocycles. The van der Waals surface area contributed by atoms with Crippen molar-refractivity contribution >= 4 is 23.2 Å². The fourth-order valence-corrected chi connectivity index (χ4v) is 3.71. The molecule has 1 amide bonds. The number of para-hydroxylation sites is 1. The summed E-state index contributed by atoms with van der Waals surface area (Å²) in [5.41, 5.74) is 2.44. The molecule has 26 heavy (non-hydrogen) atoms. The van der Waals surface area contributed by atoms with E-state index in [2.05, 4.69) is 0 Å². The SMILES string of the molecule is Cc1cccc(OCCN2C(=O)C3(OCCCO3)c3cccc(Cl)c32)c1. The molecule has 6 heteroatoms. The Bertz CT molecular complexity index is 832. The van der Waals surface area contributed by atoms with Crippen molar-refractivity contribution in [3.8, 4) is 5.75 Å². The third-order valence-corrected chi connectivity index (χ3v) is 4.92. The first-order valence-electron chi connectivity index (χ1n) is 8.70. The van der Waals surface area contributed by atoms with Crippen molar-refractivity contribution < 1.29 is 19.0 Å². The highest BCUT2D eigenvalue weighted by Gasteiger charge is 2.55. The molecule has 136 valence electrons. The van der Waals surface area contributed by atoms with Gasteiger partial charge in [0.15, 0.2) is 0 Å². The number of ether oxygens (including phenoxy) is 3.